The van der Waals surface area contributed by atoms with E-state index < -0.39 is 6.16 Å². The third-order valence-corrected chi connectivity index (χ3v) is 5.13. The lowest BCUT2D eigenvalue weighted by atomic mass is 10.1. The lowest BCUT2D eigenvalue weighted by Gasteiger charge is -2.15. The number of hydrogen-bond acceptors (Lipinski definition) is 4. The monoisotopic (exact) mass is 456 g/mol. The summed E-state index contributed by atoms with van der Waals surface area (Å²) in [5, 5.41) is 0. The fourth-order valence-corrected chi connectivity index (χ4v) is 3.21. The smallest absolute Gasteiger partial charge is 0.488 e. The first kappa shape index (κ1) is 18.0. The van der Waals surface area contributed by atoms with Gasteiger partial charge in [0.1, 0.15) is 23.9 Å². The number of methoxy groups -OCH3 is 1. The first-order chi connectivity index (χ1) is 12.0. The first-order valence-electron chi connectivity index (χ1n) is 7.95. The maximum Gasteiger partial charge on any atom is 0.513 e. The van der Waals surface area contributed by atoms with E-state index in [9.17, 15) is 9.18 Å². The van der Waals surface area contributed by atoms with Crippen LogP contribution in [0, 0.1) is 16.3 Å². The summed E-state index contributed by atoms with van der Waals surface area (Å²) in [7, 11) is 1.25. The summed E-state index contributed by atoms with van der Waals surface area (Å²) in [6.07, 6.45) is 1.41. The van der Waals surface area contributed by atoms with E-state index >= 15 is 0 Å². The Bertz CT molecular complexity index is 802. The van der Waals surface area contributed by atoms with Crippen molar-refractivity contribution in [1.82, 2.24) is 0 Å². The highest BCUT2D eigenvalue weighted by Crippen LogP contribution is 2.45. The van der Waals surface area contributed by atoms with Gasteiger partial charge in [-0.1, -0.05) is 6.07 Å². The molecule has 3 rings (SSSR count). The van der Waals surface area contributed by atoms with Crippen molar-refractivity contribution in [2.75, 3.05) is 7.11 Å². The molecule has 0 saturated heterocycles. The van der Waals surface area contributed by atoms with Gasteiger partial charge in [-0.25, -0.2) is 9.18 Å². The van der Waals surface area contributed by atoms with E-state index in [1.54, 1.807) is 19.1 Å². The van der Waals surface area contributed by atoms with Gasteiger partial charge in [0, 0.05) is 15.2 Å². The molecule has 0 unspecified atom stereocenters. The molecule has 0 amide bonds. The van der Waals surface area contributed by atoms with Gasteiger partial charge in [0.15, 0.2) is 0 Å². The van der Waals surface area contributed by atoms with Gasteiger partial charge in [-0.2, -0.15) is 0 Å². The van der Waals surface area contributed by atoms with Gasteiger partial charge in [-0.05, 0) is 77.6 Å². The van der Waals surface area contributed by atoms with Gasteiger partial charge in [0.2, 0.25) is 0 Å². The summed E-state index contributed by atoms with van der Waals surface area (Å²) in [6, 6.07) is 8.66. The van der Waals surface area contributed by atoms with E-state index in [4.69, 9.17) is 9.47 Å². The fourth-order valence-electron chi connectivity index (χ4n) is 2.58. The number of rotatable bonds is 5. The number of hydrogen-bond donors (Lipinski definition) is 0. The summed E-state index contributed by atoms with van der Waals surface area (Å²) < 4.78 is 30.5. The first-order valence-corrected chi connectivity index (χ1v) is 9.03. The van der Waals surface area contributed by atoms with E-state index in [-0.39, 0.29) is 12.4 Å². The number of halogens is 2. The van der Waals surface area contributed by atoms with E-state index in [1.165, 1.54) is 13.2 Å². The standard InChI is InChI=1S/C19H18FIO4/c1-11-8-13(12-6-7-12)18(9-15(11)20)24-10-14-16(21)4-3-5-17(14)25-19(22)23-2/h3-5,8-9,12H,6-7,10H2,1-2H3. The Labute approximate surface area is 159 Å². The highest BCUT2D eigenvalue weighted by Gasteiger charge is 2.28. The summed E-state index contributed by atoms with van der Waals surface area (Å²) in [4.78, 5) is 11.4. The number of benzene rings is 2. The molecule has 2 aromatic carbocycles. The quantitative estimate of drug-likeness (QED) is 0.346. The number of carbonyl (C=O) groups is 1. The molecule has 0 atom stereocenters. The van der Waals surface area contributed by atoms with Crippen molar-refractivity contribution >= 4 is 28.7 Å². The molecular weight excluding hydrogens is 438 g/mol. The van der Waals surface area contributed by atoms with Gasteiger partial charge in [0.05, 0.1) is 7.11 Å². The van der Waals surface area contributed by atoms with E-state index in [2.05, 4.69) is 27.3 Å². The molecule has 0 heterocycles. The van der Waals surface area contributed by atoms with E-state index in [0.717, 1.165) is 27.5 Å². The molecule has 1 fully saturated rings. The minimum Gasteiger partial charge on any atom is -0.488 e. The summed E-state index contributed by atoms with van der Waals surface area (Å²) in [6.45, 7) is 1.93. The van der Waals surface area contributed by atoms with Gasteiger partial charge >= 0.3 is 6.16 Å². The van der Waals surface area contributed by atoms with Crippen LogP contribution >= 0.6 is 22.6 Å². The Morgan fingerprint density at radius 3 is 2.72 bits per heavy atom. The molecule has 0 radical (unpaired) electrons. The second kappa shape index (κ2) is 7.59. The maximum atomic E-state index is 14.0. The zero-order valence-corrected chi connectivity index (χ0v) is 16.1. The van der Waals surface area contributed by atoms with Crippen molar-refractivity contribution in [3.05, 3.63) is 56.4 Å². The molecule has 0 aromatic heterocycles. The zero-order valence-electron chi connectivity index (χ0n) is 14.0. The number of ether oxygens (including phenoxy) is 3. The van der Waals surface area contributed by atoms with Crippen molar-refractivity contribution in [1.29, 1.82) is 0 Å². The third kappa shape index (κ3) is 4.23. The molecule has 0 spiro atoms. The molecule has 132 valence electrons. The number of aryl methyl sites for hydroxylation is 1. The van der Waals surface area contributed by atoms with Crippen LogP contribution in [0.3, 0.4) is 0 Å². The molecule has 1 aliphatic rings. The van der Waals surface area contributed by atoms with Gasteiger partial charge in [-0.15, -0.1) is 0 Å². The van der Waals surface area contributed by atoms with Crippen LogP contribution in [0.1, 0.15) is 35.4 Å². The van der Waals surface area contributed by atoms with Crippen LogP contribution in [0.5, 0.6) is 11.5 Å². The van der Waals surface area contributed by atoms with Crippen LogP contribution < -0.4 is 9.47 Å². The van der Waals surface area contributed by atoms with Crippen molar-refractivity contribution in [3.63, 3.8) is 0 Å². The van der Waals surface area contributed by atoms with Crippen LogP contribution in [-0.4, -0.2) is 13.3 Å². The second-order valence-electron chi connectivity index (χ2n) is 5.97. The Morgan fingerprint density at radius 2 is 2.04 bits per heavy atom. The Morgan fingerprint density at radius 1 is 1.28 bits per heavy atom. The molecule has 4 nitrogen and oxygen atoms in total. The molecular formula is C19H18FIO4. The van der Waals surface area contributed by atoms with Gasteiger partial charge in [-0.3, -0.25) is 0 Å². The van der Waals surface area contributed by atoms with Gasteiger partial charge in [0.25, 0.3) is 0 Å². The number of carbonyl (C=O) groups excluding carboxylic acids is 1. The molecule has 6 heteroatoms. The van der Waals surface area contributed by atoms with Crippen LogP contribution in [0.2, 0.25) is 0 Å². The molecule has 2 aromatic rings. The highest BCUT2D eigenvalue weighted by atomic mass is 127. The topological polar surface area (TPSA) is 44.8 Å². The van der Waals surface area contributed by atoms with E-state index in [1.807, 2.05) is 12.1 Å². The molecule has 0 N–H and O–H groups in total. The predicted molar refractivity (Wildman–Crippen MR) is 99.6 cm³/mol. The maximum absolute atomic E-state index is 14.0. The van der Waals surface area contributed by atoms with Crippen LogP contribution in [0.25, 0.3) is 0 Å². The summed E-state index contributed by atoms with van der Waals surface area (Å²) >= 11 is 2.15. The average molecular weight is 456 g/mol. The molecule has 25 heavy (non-hydrogen) atoms. The minimum atomic E-state index is -0.789. The largest absolute Gasteiger partial charge is 0.513 e. The Hall–Kier alpha value is -1.83. The highest BCUT2D eigenvalue weighted by molar-refractivity contribution is 14.1. The molecule has 0 aliphatic heterocycles. The van der Waals surface area contributed by atoms with Crippen LogP contribution in [-0.2, 0) is 11.3 Å². The molecule has 0 bridgehead atoms. The fraction of sp³-hybridized carbons (Fsp3) is 0.316. The lowest BCUT2D eigenvalue weighted by Crippen LogP contribution is -2.11. The van der Waals surface area contributed by atoms with Crippen LogP contribution in [0.4, 0.5) is 9.18 Å². The molecule has 1 aliphatic carbocycles. The van der Waals surface area contributed by atoms with Crippen molar-refractivity contribution < 1.29 is 23.4 Å². The van der Waals surface area contributed by atoms with Crippen molar-refractivity contribution in [2.45, 2.75) is 32.3 Å². The minimum absolute atomic E-state index is 0.174. The average Bonchev–Trinajstić information content (AvgIpc) is 3.42. The normalized spacial score (nSPS) is 13.4. The van der Waals surface area contributed by atoms with Gasteiger partial charge < -0.3 is 14.2 Å². The van der Waals surface area contributed by atoms with Crippen molar-refractivity contribution in [3.8, 4) is 11.5 Å². The summed E-state index contributed by atoms with van der Waals surface area (Å²) in [5.41, 5.74) is 2.38. The summed E-state index contributed by atoms with van der Waals surface area (Å²) in [5.74, 6) is 1.08. The molecule has 1 saturated carbocycles. The lowest BCUT2D eigenvalue weighted by molar-refractivity contribution is 0.120. The zero-order chi connectivity index (χ0) is 18.0. The third-order valence-electron chi connectivity index (χ3n) is 4.12. The van der Waals surface area contributed by atoms with E-state index in [0.29, 0.717) is 23.0 Å². The predicted octanol–water partition coefficient (Wildman–Crippen LogP) is 5.34. The Kier molecular flexibility index (Phi) is 5.46. The second-order valence-corrected chi connectivity index (χ2v) is 7.14. The van der Waals surface area contributed by atoms with Crippen LogP contribution in [0.15, 0.2) is 30.3 Å². The Balaban J connectivity index is 1.85. The SMILES string of the molecule is COC(=O)Oc1cccc(I)c1COc1cc(F)c(C)cc1C1CC1. The van der Waals surface area contributed by atoms with Crippen molar-refractivity contribution in [2.24, 2.45) is 0 Å².